The molecule has 2 aliphatic rings. The molecule has 1 unspecified atom stereocenters. The van der Waals surface area contributed by atoms with E-state index in [1.807, 2.05) is 30.3 Å². The Labute approximate surface area is 143 Å². The van der Waals surface area contributed by atoms with Crippen LogP contribution in [-0.2, 0) is 9.59 Å². The molecule has 0 saturated carbocycles. The Morgan fingerprint density at radius 3 is 2.88 bits per heavy atom. The highest BCUT2D eigenvalue weighted by atomic mass is 32.2. The van der Waals surface area contributed by atoms with Crippen LogP contribution in [0.25, 0.3) is 6.08 Å². The van der Waals surface area contributed by atoms with E-state index in [0.717, 1.165) is 10.5 Å². The van der Waals surface area contributed by atoms with Gasteiger partial charge in [0.25, 0.3) is 0 Å². The van der Waals surface area contributed by atoms with Crippen LogP contribution in [0.4, 0.5) is 4.79 Å². The number of nitrogens with zero attached hydrogens (tertiary/aromatic N) is 2. The quantitative estimate of drug-likeness (QED) is 0.829. The fourth-order valence-electron chi connectivity index (χ4n) is 2.32. The molecule has 4 amide bonds. The molecule has 122 valence electrons. The SMILES string of the molecule is O=C(/C=C/c1ccccc1)NCCN1C(=O)N=C2C=CSC2C1=O. The van der Waals surface area contributed by atoms with Crippen molar-refractivity contribution in [2.45, 2.75) is 5.25 Å². The number of nitrogens with one attached hydrogen (secondary N) is 1. The van der Waals surface area contributed by atoms with Gasteiger partial charge in [-0.1, -0.05) is 30.3 Å². The smallest absolute Gasteiger partial charge is 0.350 e. The fraction of sp³-hybridized carbons (Fsp3) is 0.176. The average Bonchev–Trinajstić information content (AvgIpc) is 3.05. The molecule has 0 bridgehead atoms. The van der Waals surface area contributed by atoms with Crippen LogP contribution in [0, 0.1) is 0 Å². The summed E-state index contributed by atoms with van der Waals surface area (Å²) in [6.07, 6.45) is 4.80. The van der Waals surface area contributed by atoms with Crippen LogP contribution in [-0.4, -0.2) is 46.8 Å². The second-order valence-electron chi connectivity index (χ2n) is 5.16. The minimum absolute atomic E-state index is 0.108. The molecule has 6 nitrogen and oxygen atoms in total. The first-order valence-corrected chi connectivity index (χ1v) is 8.36. The third-order valence-corrected chi connectivity index (χ3v) is 4.54. The number of carbonyl (C=O) groups excluding carboxylic acids is 3. The summed E-state index contributed by atoms with van der Waals surface area (Å²) in [5.41, 5.74) is 1.42. The van der Waals surface area contributed by atoms with Gasteiger partial charge in [0.05, 0.1) is 5.71 Å². The van der Waals surface area contributed by atoms with Crippen molar-refractivity contribution in [3.05, 3.63) is 53.5 Å². The highest BCUT2D eigenvalue weighted by Crippen LogP contribution is 2.27. The first kappa shape index (κ1) is 16.2. The first-order valence-electron chi connectivity index (χ1n) is 7.42. The number of imide groups is 1. The van der Waals surface area contributed by atoms with Crippen LogP contribution < -0.4 is 5.32 Å². The van der Waals surface area contributed by atoms with Crippen LogP contribution in [0.5, 0.6) is 0 Å². The average molecular weight is 341 g/mol. The van der Waals surface area contributed by atoms with Crippen molar-refractivity contribution in [1.29, 1.82) is 0 Å². The Morgan fingerprint density at radius 2 is 2.08 bits per heavy atom. The van der Waals surface area contributed by atoms with Gasteiger partial charge < -0.3 is 5.32 Å². The molecule has 1 aromatic carbocycles. The molecule has 0 radical (unpaired) electrons. The zero-order valence-corrected chi connectivity index (χ0v) is 13.5. The van der Waals surface area contributed by atoms with Crippen molar-refractivity contribution in [3.63, 3.8) is 0 Å². The summed E-state index contributed by atoms with van der Waals surface area (Å²) < 4.78 is 0. The second kappa shape index (κ2) is 7.27. The van der Waals surface area contributed by atoms with E-state index in [2.05, 4.69) is 10.3 Å². The van der Waals surface area contributed by atoms with Gasteiger partial charge in [-0.15, -0.1) is 11.8 Å². The number of rotatable bonds is 5. The zero-order valence-electron chi connectivity index (χ0n) is 12.7. The monoisotopic (exact) mass is 341 g/mol. The molecule has 0 aromatic heterocycles. The summed E-state index contributed by atoms with van der Waals surface area (Å²) >= 11 is 1.33. The van der Waals surface area contributed by atoms with Crippen LogP contribution in [0.3, 0.4) is 0 Å². The van der Waals surface area contributed by atoms with Gasteiger partial charge >= 0.3 is 6.03 Å². The first-order chi connectivity index (χ1) is 11.6. The number of fused-ring (bicyclic) bond motifs is 1. The molecule has 0 fully saturated rings. The van der Waals surface area contributed by atoms with Crippen molar-refractivity contribution in [2.24, 2.45) is 4.99 Å². The van der Waals surface area contributed by atoms with E-state index in [1.165, 1.54) is 17.8 Å². The Balaban J connectivity index is 1.50. The summed E-state index contributed by atoms with van der Waals surface area (Å²) in [6.45, 7) is 0.293. The van der Waals surface area contributed by atoms with E-state index >= 15 is 0 Å². The molecule has 3 rings (SSSR count). The lowest BCUT2D eigenvalue weighted by Gasteiger charge is -2.25. The number of carbonyl (C=O) groups is 3. The minimum Gasteiger partial charge on any atom is -0.351 e. The highest BCUT2D eigenvalue weighted by Gasteiger charge is 2.38. The second-order valence-corrected chi connectivity index (χ2v) is 6.18. The fourth-order valence-corrected chi connectivity index (χ4v) is 3.21. The number of allylic oxidation sites excluding steroid dienone is 1. The molecule has 2 heterocycles. The molecule has 7 heteroatoms. The van der Waals surface area contributed by atoms with Crippen LogP contribution >= 0.6 is 11.8 Å². The lowest BCUT2D eigenvalue weighted by molar-refractivity contribution is -0.127. The summed E-state index contributed by atoms with van der Waals surface area (Å²) in [5.74, 6) is -0.564. The van der Waals surface area contributed by atoms with Crippen LogP contribution in [0.15, 0.2) is 52.9 Å². The highest BCUT2D eigenvalue weighted by molar-refractivity contribution is 8.04. The molecule has 24 heavy (non-hydrogen) atoms. The number of aliphatic imine (C=N–C) groups is 1. The van der Waals surface area contributed by atoms with E-state index in [4.69, 9.17) is 0 Å². The van der Waals surface area contributed by atoms with Gasteiger partial charge in [-0.05, 0) is 23.1 Å². The molecule has 0 saturated heterocycles. The van der Waals surface area contributed by atoms with E-state index in [-0.39, 0.29) is 24.9 Å². The van der Waals surface area contributed by atoms with Crippen molar-refractivity contribution in [3.8, 4) is 0 Å². The molecular formula is C17H15N3O3S. The Kier molecular flexibility index (Phi) is 4.90. The third kappa shape index (κ3) is 3.62. The number of thioether (sulfide) groups is 1. The maximum atomic E-state index is 12.2. The maximum absolute atomic E-state index is 12.2. The largest absolute Gasteiger partial charge is 0.351 e. The number of hydrogen-bond acceptors (Lipinski definition) is 4. The van der Waals surface area contributed by atoms with Gasteiger partial charge in [0.15, 0.2) is 0 Å². The van der Waals surface area contributed by atoms with Crippen molar-refractivity contribution >= 4 is 41.4 Å². The van der Waals surface area contributed by atoms with Crippen molar-refractivity contribution in [2.75, 3.05) is 13.1 Å². The van der Waals surface area contributed by atoms with Crippen LogP contribution in [0.1, 0.15) is 5.56 Å². The summed E-state index contributed by atoms with van der Waals surface area (Å²) in [4.78, 5) is 40.9. The molecular weight excluding hydrogens is 326 g/mol. The summed E-state index contributed by atoms with van der Waals surface area (Å²) in [6, 6.07) is 8.87. The van der Waals surface area contributed by atoms with Crippen molar-refractivity contribution in [1.82, 2.24) is 10.2 Å². The molecule has 1 atom stereocenters. The number of benzene rings is 1. The topological polar surface area (TPSA) is 78.8 Å². The molecule has 0 spiro atoms. The molecule has 2 aliphatic heterocycles. The standard InChI is InChI=1S/C17H15N3O3S/c21-14(7-6-12-4-2-1-3-5-12)18-9-10-20-16(22)15-13(8-11-24-15)19-17(20)23/h1-8,11,15H,9-10H2,(H,18,21)/b7-6+. The Morgan fingerprint density at radius 1 is 1.29 bits per heavy atom. The zero-order chi connectivity index (χ0) is 16.9. The lowest BCUT2D eigenvalue weighted by Crippen LogP contribution is -2.49. The van der Waals surface area contributed by atoms with E-state index in [9.17, 15) is 14.4 Å². The normalized spacial score (nSPS) is 19.6. The third-order valence-electron chi connectivity index (χ3n) is 3.53. The van der Waals surface area contributed by atoms with E-state index in [1.54, 1.807) is 17.6 Å². The Hall–Kier alpha value is -2.67. The van der Waals surface area contributed by atoms with Gasteiger partial charge in [-0.3, -0.25) is 14.5 Å². The number of hydrogen-bond donors (Lipinski definition) is 1. The maximum Gasteiger partial charge on any atom is 0.350 e. The lowest BCUT2D eigenvalue weighted by atomic mass is 10.2. The summed E-state index contributed by atoms with van der Waals surface area (Å²) in [5, 5.41) is 3.98. The van der Waals surface area contributed by atoms with E-state index < -0.39 is 11.3 Å². The van der Waals surface area contributed by atoms with E-state index in [0.29, 0.717) is 5.71 Å². The summed E-state index contributed by atoms with van der Waals surface area (Å²) in [7, 11) is 0. The number of amides is 4. The van der Waals surface area contributed by atoms with Gasteiger partial charge in [0.1, 0.15) is 5.25 Å². The van der Waals surface area contributed by atoms with Gasteiger partial charge in [0, 0.05) is 19.2 Å². The van der Waals surface area contributed by atoms with Gasteiger partial charge in [-0.25, -0.2) is 4.79 Å². The predicted octanol–water partition coefficient (Wildman–Crippen LogP) is 1.85. The predicted molar refractivity (Wildman–Crippen MR) is 93.5 cm³/mol. The molecule has 1 N–H and O–H groups in total. The number of urea groups is 1. The Bertz CT molecular complexity index is 756. The van der Waals surface area contributed by atoms with Crippen LogP contribution in [0.2, 0.25) is 0 Å². The van der Waals surface area contributed by atoms with Gasteiger partial charge in [-0.2, -0.15) is 4.99 Å². The minimum atomic E-state index is -0.576. The molecule has 0 aliphatic carbocycles. The molecule has 1 aromatic rings. The van der Waals surface area contributed by atoms with Crippen molar-refractivity contribution < 1.29 is 14.4 Å². The van der Waals surface area contributed by atoms with Gasteiger partial charge in [0.2, 0.25) is 11.8 Å².